The molecule has 1 N–H and O–H groups in total. The predicted octanol–water partition coefficient (Wildman–Crippen LogP) is 3.11. The van der Waals surface area contributed by atoms with Gasteiger partial charge in [-0.15, -0.1) is 0 Å². The fraction of sp³-hybridized carbons (Fsp3) is 0.0588. The summed E-state index contributed by atoms with van der Waals surface area (Å²) in [6.45, 7) is 1.67. The first-order valence-electron chi connectivity index (χ1n) is 6.72. The molecule has 0 saturated heterocycles. The standard InChI is InChI=1S/C17H12N2O4S/c1-12-8-14(15(10-18)11-19)9-16(23-12)7-6-13-4-2-3-5-17(13)24(20,21)22/h2-9H,1H3,(H,20,21,22)/b7-6+. The van der Waals surface area contributed by atoms with Gasteiger partial charge in [0.1, 0.15) is 34.1 Å². The Hall–Kier alpha value is -3.13. The second kappa shape index (κ2) is 6.97. The van der Waals surface area contributed by atoms with Crippen LogP contribution in [0.3, 0.4) is 0 Å². The molecule has 1 aromatic carbocycles. The summed E-state index contributed by atoms with van der Waals surface area (Å²) >= 11 is 0. The number of hydrogen-bond acceptors (Lipinski definition) is 5. The summed E-state index contributed by atoms with van der Waals surface area (Å²) in [4.78, 5) is -0.226. The van der Waals surface area contributed by atoms with E-state index in [4.69, 9.17) is 15.3 Å². The summed E-state index contributed by atoms with van der Waals surface area (Å²) < 4.78 is 37.4. The van der Waals surface area contributed by atoms with Crippen molar-refractivity contribution in [2.24, 2.45) is 0 Å². The third-order valence-electron chi connectivity index (χ3n) is 3.07. The van der Waals surface area contributed by atoms with Gasteiger partial charge in [-0.3, -0.25) is 4.55 Å². The summed E-state index contributed by atoms with van der Waals surface area (Å²) in [5.41, 5.74) is 0.636. The average Bonchev–Trinajstić information content (AvgIpc) is 2.53. The molecule has 0 amide bonds. The van der Waals surface area contributed by atoms with E-state index >= 15 is 0 Å². The van der Waals surface area contributed by atoms with E-state index in [0.717, 1.165) is 0 Å². The van der Waals surface area contributed by atoms with Crippen LogP contribution >= 0.6 is 0 Å². The summed E-state index contributed by atoms with van der Waals surface area (Å²) in [5, 5.41) is 17.9. The van der Waals surface area contributed by atoms with E-state index in [0.29, 0.717) is 17.1 Å². The summed E-state index contributed by atoms with van der Waals surface area (Å²) in [6.07, 6.45) is 6.02. The maximum absolute atomic E-state index is 11.4. The molecule has 1 aromatic rings. The zero-order valence-electron chi connectivity index (χ0n) is 12.6. The molecule has 0 fully saturated rings. The number of nitriles is 2. The van der Waals surface area contributed by atoms with Crippen LogP contribution in [-0.2, 0) is 14.9 Å². The maximum atomic E-state index is 11.4. The lowest BCUT2D eigenvalue weighted by Crippen LogP contribution is -2.00. The van der Waals surface area contributed by atoms with Gasteiger partial charge in [-0.1, -0.05) is 18.2 Å². The molecule has 1 aliphatic rings. The Kier molecular flexibility index (Phi) is 5.00. The van der Waals surface area contributed by atoms with Gasteiger partial charge in [0.15, 0.2) is 0 Å². The van der Waals surface area contributed by atoms with E-state index in [1.54, 1.807) is 31.2 Å². The Balaban J connectivity index is 2.43. The van der Waals surface area contributed by atoms with Gasteiger partial charge >= 0.3 is 0 Å². The highest BCUT2D eigenvalue weighted by Gasteiger charge is 2.14. The quantitative estimate of drug-likeness (QED) is 0.668. The Morgan fingerprint density at radius 1 is 1.17 bits per heavy atom. The molecule has 7 heteroatoms. The molecule has 0 bridgehead atoms. The molecule has 0 radical (unpaired) electrons. The lowest BCUT2D eigenvalue weighted by molar-refractivity contribution is 0.318. The van der Waals surface area contributed by atoms with Gasteiger partial charge < -0.3 is 4.74 Å². The second-order valence-electron chi connectivity index (χ2n) is 4.80. The van der Waals surface area contributed by atoms with Crippen LogP contribution in [0.25, 0.3) is 6.08 Å². The molecule has 0 saturated carbocycles. The maximum Gasteiger partial charge on any atom is 0.295 e. The van der Waals surface area contributed by atoms with E-state index in [2.05, 4.69) is 0 Å². The van der Waals surface area contributed by atoms with E-state index in [9.17, 15) is 13.0 Å². The van der Waals surface area contributed by atoms with Gasteiger partial charge in [0.25, 0.3) is 10.1 Å². The fourth-order valence-electron chi connectivity index (χ4n) is 2.06. The predicted molar refractivity (Wildman–Crippen MR) is 86.5 cm³/mol. The molecule has 24 heavy (non-hydrogen) atoms. The second-order valence-corrected chi connectivity index (χ2v) is 6.19. The molecular weight excluding hydrogens is 328 g/mol. The van der Waals surface area contributed by atoms with Crippen molar-refractivity contribution in [3.05, 3.63) is 70.7 Å². The molecule has 1 heterocycles. The van der Waals surface area contributed by atoms with Crippen LogP contribution in [0.2, 0.25) is 0 Å². The van der Waals surface area contributed by atoms with Crippen LogP contribution in [0.1, 0.15) is 12.5 Å². The van der Waals surface area contributed by atoms with Gasteiger partial charge in [0, 0.05) is 5.57 Å². The topological polar surface area (TPSA) is 111 Å². The SMILES string of the molecule is CC1=CC(=C(C#N)C#N)C=C(/C=C/c2ccccc2S(=O)(=O)O)O1. The Morgan fingerprint density at radius 3 is 2.46 bits per heavy atom. The largest absolute Gasteiger partial charge is 0.462 e. The van der Waals surface area contributed by atoms with Gasteiger partial charge in [-0.25, -0.2) is 0 Å². The molecular formula is C17H12N2O4S. The van der Waals surface area contributed by atoms with Crippen LogP contribution in [0.15, 0.2) is 70.1 Å². The summed E-state index contributed by atoms with van der Waals surface area (Å²) in [5.74, 6) is 0.816. The lowest BCUT2D eigenvalue weighted by atomic mass is 10.1. The van der Waals surface area contributed by atoms with E-state index < -0.39 is 10.1 Å². The fourth-order valence-corrected chi connectivity index (χ4v) is 2.75. The van der Waals surface area contributed by atoms with Crippen molar-refractivity contribution in [1.29, 1.82) is 10.5 Å². The van der Waals surface area contributed by atoms with Crippen LogP contribution < -0.4 is 0 Å². The number of benzene rings is 1. The zero-order chi connectivity index (χ0) is 17.7. The minimum absolute atomic E-state index is 0.0538. The Morgan fingerprint density at radius 2 is 1.83 bits per heavy atom. The number of hydrogen-bond donors (Lipinski definition) is 1. The highest BCUT2D eigenvalue weighted by atomic mass is 32.2. The number of nitrogens with zero attached hydrogens (tertiary/aromatic N) is 2. The minimum atomic E-state index is -4.35. The third kappa shape index (κ3) is 3.99. The van der Waals surface area contributed by atoms with Crippen LogP contribution in [-0.4, -0.2) is 13.0 Å². The van der Waals surface area contributed by atoms with Crippen LogP contribution in [0.4, 0.5) is 0 Å². The van der Waals surface area contributed by atoms with Crippen molar-refractivity contribution < 1.29 is 17.7 Å². The van der Waals surface area contributed by atoms with Crippen molar-refractivity contribution in [2.75, 3.05) is 0 Å². The molecule has 0 aliphatic carbocycles. The Labute approximate surface area is 139 Å². The van der Waals surface area contributed by atoms with Gasteiger partial charge in [0.2, 0.25) is 0 Å². The number of allylic oxidation sites excluding steroid dienone is 6. The highest BCUT2D eigenvalue weighted by molar-refractivity contribution is 7.85. The number of ether oxygens (including phenoxy) is 1. The van der Waals surface area contributed by atoms with Crippen molar-refractivity contribution in [2.45, 2.75) is 11.8 Å². The molecule has 6 nitrogen and oxygen atoms in total. The molecule has 2 rings (SSSR count). The van der Waals surface area contributed by atoms with Crippen molar-refractivity contribution in [3.63, 3.8) is 0 Å². The molecule has 0 spiro atoms. The molecule has 0 aromatic heterocycles. The first-order chi connectivity index (χ1) is 11.3. The lowest BCUT2D eigenvalue weighted by Gasteiger charge is -2.13. The summed E-state index contributed by atoms with van der Waals surface area (Å²) in [6, 6.07) is 9.54. The van der Waals surface area contributed by atoms with Gasteiger partial charge in [-0.05, 0) is 42.9 Å². The normalized spacial score (nSPS) is 14.2. The van der Waals surface area contributed by atoms with E-state index in [1.807, 2.05) is 0 Å². The minimum Gasteiger partial charge on any atom is -0.462 e. The van der Waals surface area contributed by atoms with Crippen molar-refractivity contribution in [1.82, 2.24) is 0 Å². The molecule has 120 valence electrons. The van der Waals surface area contributed by atoms with Gasteiger partial charge in [0.05, 0.1) is 0 Å². The number of rotatable bonds is 3. The van der Waals surface area contributed by atoms with Crippen LogP contribution in [0, 0.1) is 22.7 Å². The molecule has 0 atom stereocenters. The summed E-state index contributed by atoms with van der Waals surface area (Å²) in [7, 11) is -4.35. The third-order valence-corrected chi connectivity index (χ3v) is 4.00. The van der Waals surface area contributed by atoms with E-state index in [1.165, 1.54) is 36.4 Å². The average molecular weight is 340 g/mol. The molecule has 0 unspecified atom stereocenters. The first kappa shape index (κ1) is 17.2. The van der Waals surface area contributed by atoms with Crippen molar-refractivity contribution >= 4 is 16.2 Å². The Bertz CT molecular complexity index is 968. The van der Waals surface area contributed by atoms with Crippen molar-refractivity contribution in [3.8, 4) is 12.1 Å². The van der Waals surface area contributed by atoms with Gasteiger partial charge in [-0.2, -0.15) is 18.9 Å². The van der Waals surface area contributed by atoms with E-state index in [-0.39, 0.29) is 16.0 Å². The first-order valence-corrected chi connectivity index (χ1v) is 8.16. The zero-order valence-corrected chi connectivity index (χ0v) is 13.4. The van der Waals surface area contributed by atoms with Crippen LogP contribution in [0.5, 0.6) is 0 Å². The highest BCUT2D eigenvalue weighted by Crippen LogP contribution is 2.24. The molecule has 1 aliphatic heterocycles. The smallest absolute Gasteiger partial charge is 0.295 e. The monoisotopic (exact) mass is 340 g/mol.